The first-order chi connectivity index (χ1) is 8.83. The lowest BCUT2D eigenvalue weighted by molar-refractivity contribution is 0.181. The lowest BCUT2D eigenvalue weighted by Gasteiger charge is -2.07. The minimum Gasteiger partial charge on any atom is -0.492 e. The summed E-state index contributed by atoms with van der Waals surface area (Å²) in [5.74, 6) is 2.56. The first-order valence-corrected chi connectivity index (χ1v) is 6.68. The largest absolute Gasteiger partial charge is 0.492 e. The Labute approximate surface area is 109 Å². The van der Waals surface area contributed by atoms with Crippen molar-refractivity contribution in [3.8, 4) is 5.75 Å². The Morgan fingerprint density at radius 2 is 2.00 bits per heavy atom. The molecule has 0 radical (unpaired) electrons. The molecule has 0 saturated heterocycles. The molecule has 100 valence electrons. The van der Waals surface area contributed by atoms with Crippen molar-refractivity contribution in [2.24, 2.45) is 11.8 Å². The Morgan fingerprint density at radius 3 is 2.67 bits per heavy atom. The van der Waals surface area contributed by atoms with Crippen molar-refractivity contribution in [3.63, 3.8) is 0 Å². The minimum atomic E-state index is 0.717. The van der Waals surface area contributed by atoms with Gasteiger partial charge in [-0.1, -0.05) is 12.1 Å². The molecule has 18 heavy (non-hydrogen) atoms. The highest BCUT2D eigenvalue weighted by Gasteiger charge is 2.36. The second-order valence-electron chi connectivity index (χ2n) is 5.01. The van der Waals surface area contributed by atoms with Crippen molar-refractivity contribution in [2.45, 2.75) is 12.8 Å². The zero-order valence-corrected chi connectivity index (χ0v) is 11.3. The summed E-state index contributed by atoms with van der Waals surface area (Å²) in [5, 5.41) is 3.06. The Balaban J connectivity index is 1.74. The second-order valence-corrected chi connectivity index (χ2v) is 5.01. The van der Waals surface area contributed by atoms with E-state index < -0.39 is 0 Å². The van der Waals surface area contributed by atoms with Gasteiger partial charge in [0.1, 0.15) is 12.4 Å². The van der Waals surface area contributed by atoms with E-state index in [1.165, 1.54) is 18.4 Å². The van der Waals surface area contributed by atoms with Gasteiger partial charge in [-0.15, -0.1) is 0 Å². The van der Waals surface area contributed by atoms with Crippen LogP contribution >= 0.6 is 0 Å². The fourth-order valence-corrected chi connectivity index (χ4v) is 2.27. The van der Waals surface area contributed by atoms with Crippen LogP contribution in [0.25, 0.3) is 0 Å². The SMILES string of the molecule is CNCCOc1ccc(CC2CC2COC)cc1. The number of nitrogens with one attached hydrogen (secondary N) is 1. The maximum absolute atomic E-state index is 5.60. The van der Waals surface area contributed by atoms with Gasteiger partial charge < -0.3 is 14.8 Å². The van der Waals surface area contributed by atoms with Crippen LogP contribution in [-0.4, -0.2) is 33.9 Å². The van der Waals surface area contributed by atoms with Gasteiger partial charge in [-0.3, -0.25) is 0 Å². The number of rotatable bonds is 8. The van der Waals surface area contributed by atoms with E-state index in [1.807, 2.05) is 7.05 Å². The summed E-state index contributed by atoms with van der Waals surface area (Å²) in [4.78, 5) is 0. The third-order valence-electron chi connectivity index (χ3n) is 3.49. The Bertz CT molecular complexity index is 350. The lowest BCUT2D eigenvalue weighted by atomic mass is 10.1. The van der Waals surface area contributed by atoms with E-state index in [0.717, 1.165) is 30.7 Å². The van der Waals surface area contributed by atoms with E-state index in [0.29, 0.717) is 6.61 Å². The van der Waals surface area contributed by atoms with Crippen molar-refractivity contribution in [3.05, 3.63) is 29.8 Å². The molecule has 1 aromatic carbocycles. The van der Waals surface area contributed by atoms with Crippen LogP contribution in [0.4, 0.5) is 0 Å². The molecule has 3 heteroatoms. The number of hydrogen-bond donors (Lipinski definition) is 1. The predicted octanol–water partition coefficient (Wildman–Crippen LogP) is 2.11. The molecule has 2 unspecified atom stereocenters. The quantitative estimate of drug-likeness (QED) is 0.716. The molecule has 1 aliphatic carbocycles. The molecule has 0 heterocycles. The summed E-state index contributed by atoms with van der Waals surface area (Å²) < 4.78 is 10.8. The zero-order valence-electron chi connectivity index (χ0n) is 11.3. The fraction of sp³-hybridized carbons (Fsp3) is 0.600. The van der Waals surface area contributed by atoms with Gasteiger partial charge in [0.25, 0.3) is 0 Å². The number of hydrogen-bond acceptors (Lipinski definition) is 3. The molecule has 1 N–H and O–H groups in total. The van der Waals surface area contributed by atoms with Crippen LogP contribution in [0.3, 0.4) is 0 Å². The van der Waals surface area contributed by atoms with Gasteiger partial charge in [0.15, 0.2) is 0 Å². The highest BCUT2D eigenvalue weighted by molar-refractivity contribution is 5.28. The highest BCUT2D eigenvalue weighted by atomic mass is 16.5. The number of methoxy groups -OCH3 is 1. The molecule has 1 aliphatic rings. The number of likely N-dealkylation sites (N-methyl/N-ethyl adjacent to an activating group) is 1. The van der Waals surface area contributed by atoms with Gasteiger partial charge in [0.2, 0.25) is 0 Å². The normalized spacial score (nSPS) is 21.9. The number of ether oxygens (including phenoxy) is 2. The minimum absolute atomic E-state index is 0.717. The maximum Gasteiger partial charge on any atom is 0.119 e. The Kier molecular flexibility index (Phi) is 5.02. The van der Waals surface area contributed by atoms with Gasteiger partial charge in [-0.05, 0) is 49.4 Å². The highest BCUT2D eigenvalue weighted by Crippen LogP contribution is 2.41. The molecule has 1 fully saturated rings. The molecule has 1 saturated carbocycles. The van der Waals surface area contributed by atoms with Crippen LogP contribution in [0, 0.1) is 11.8 Å². The topological polar surface area (TPSA) is 30.5 Å². The van der Waals surface area contributed by atoms with E-state index >= 15 is 0 Å². The summed E-state index contributed by atoms with van der Waals surface area (Å²) >= 11 is 0. The summed E-state index contributed by atoms with van der Waals surface area (Å²) in [5.41, 5.74) is 1.40. The Hall–Kier alpha value is -1.06. The maximum atomic E-state index is 5.60. The molecule has 0 spiro atoms. The van der Waals surface area contributed by atoms with Crippen LogP contribution in [0.2, 0.25) is 0 Å². The molecule has 3 nitrogen and oxygen atoms in total. The summed E-state index contributed by atoms with van der Waals surface area (Å²) in [7, 11) is 3.71. The van der Waals surface area contributed by atoms with Crippen LogP contribution in [-0.2, 0) is 11.2 Å². The van der Waals surface area contributed by atoms with Crippen molar-refractivity contribution in [2.75, 3.05) is 33.9 Å². The van der Waals surface area contributed by atoms with Gasteiger partial charge in [-0.25, -0.2) is 0 Å². The third-order valence-corrected chi connectivity index (χ3v) is 3.49. The summed E-state index contributed by atoms with van der Waals surface area (Å²) in [6, 6.07) is 8.49. The second kappa shape index (κ2) is 6.76. The van der Waals surface area contributed by atoms with E-state index in [2.05, 4.69) is 29.6 Å². The van der Waals surface area contributed by atoms with Crippen molar-refractivity contribution >= 4 is 0 Å². The zero-order chi connectivity index (χ0) is 12.8. The number of benzene rings is 1. The van der Waals surface area contributed by atoms with Gasteiger partial charge >= 0.3 is 0 Å². The fourth-order valence-electron chi connectivity index (χ4n) is 2.27. The van der Waals surface area contributed by atoms with Crippen LogP contribution in [0.1, 0.15) is 12.0 Å². The molecule has 2 rings (SSSR count). The standard InChI is InChI=1S/C15H23NO2/c1-16-7-8-18-15-5-3-12(4-6-15)9-13-10-14(13)11-17-2/h3-6,13-14,16H,7-11H2,1-2H3. The van der Waals surface area contributed by atoms with Crippen LogP contribution in [0.5, 0.6) is 5.75 Å². The molecule has 0 aromatic heterocycles. The summed E-state index contributed by atoms with van der Waals surface area (Å²) in [6.45, 7) is 2.51. The molecule has 0 amide bonds. The monoisotopic (exact) mass is 249 g/mol. The van der Waals surface area contributed by atoms with E-state index in [1.54, 1.807) is 7.11 Å². The van der Waals surface area contributed by atoms with Gasteiger partial charge in [-0.2, -0.15) is 0 Å². The first-order valence-electron chi connectivity index (χ1n) is 6.68. The van der Waals surface area contributed by atoms with Crippen molar-refractivity contribution in [1.82, 2.24) is 5.32 Å². The molecular weight excluding hydrogens is 226 g/mol. The van der Waals surface area contributed by atoms with Crippen molar-refractivity contribution < 1.29 is 9.47 Å². The average Bonchev–Trinajstić information content (AvgIpc) is 3.10. The molecular formula is C15H23NO2. The lowest BCUT2D eigenvalue weighted by Crippen LogP contribution is -2.15. The average molecular weight is 249 g/mol. The van der Waals surface area contributed by atoms with Crippen LogP contribution < -0.4 is 10.1 Å². The Morgan fingerprint density at radius 1 is 1.22 bits per heavy atom. The third kappa shape index (κ3) is 4.00. The molecule has 2 atom stereocenters. The van der Waals surface area contributed by atoms with E-state index in [4.69, 9.17) is 9.47 Å². The van der Waals surface area contributed by atoms with Gasteiger partial charge in [0, 0.05) is 20.3 Å². The van der Waals surface area contributed by atoms with Crippen LogP contribution in [0.15, 0.2) is 24.3 Å². The predicted molar refractivity (Wildman–Crippen MR) is 73.0 cm³/mol. The smallest absolute Gasteiger partial charge is 0.119 e. The molecule has 1 aromatic rings. The van der Waals surface area contributed by atoms with Gasteiger partial charge in [0.05, 0.1) is 0 Å². The first kappa shape index (κ1) is 13.4. The molecule has 0 bridgehead atoms. The van der Waals surface area contributed by atoms with E-state index in [9.17, 15) is 0 Å². The summed E-state index contributed by atoms with van der Waals surface area (Å²) in [6.07, 6.45) is 2.49. The molecule has 0 aliphatic heterocycles. The van der Waals surface area contributed by atoms with Crippen molar-refractivity contribution in [1.29, 1.82) is 0 Å². The van der Waals surface area contributed by atoms with E-state index in [-0.39, 0.29) is 0 Å².